The molecule has 4 heterocycles. The quantitative estimate of drug-likeness (QED) is 0.762. The monoisotopic (exact) mass is 457 g/mol. The van der Waals surface area contributed by atoms with Gasteiger partial charge in [-0.15, -0.1) is 11.8 Å². The zero-order chi connectivity index (χ0) is 21.4. The summed E-state index contributed by atoms with van der Waals surface area (Å²) in [6, 6.07) is 7.88. The molecule has 0 unspecified atom stereocenters. The minimum Gasteiger partial charge on any atom is -0.353 e. The van der Waals surface area contributed by atoms with E-state index in [9.17, 15) is 4.79 Å². The van der Waals surface area contributed by atoms with Gasteiger partial charge in [0.1, 0.15) is 12.1 Å². The van der Waals surface area contributed by atoms with Crippen molar-refractivity contribution in [3.63, 3.8) is 0 Å². The number of amides is 1. The fraction of sp³-hybridized carbons (Fsp3) is 0.522. The summed E-state index contributed by atoms with van der Waals surface area (Å²) in [5.74, 6) is 2.26. The molecule has 1 N–H and O–H groups in total. The van der Waals surface area contributed by atoms with Crippen LogP contribution in [0.1, 0.15) is 41.8 Å². The lowest BCUT2D eigenvalue weighted by molar-refractivity contribution is -0.139. The molecule has 5 rings (SSSR count). The number of thioether (sulfide) groups is 1. The van der Waals surface area contributed by atoms with Crippen LogP contribution in [0.15, 0.2) is 30.6 Å². The molecule has 1 aromatic heterocycles. The number of nitrogens with zero attached hydrogens (tertiary/aromatic N) is 4. The molecular formula is C23H28ClN5OS. The van der Waals surface area contributed by atoms with Crippen molar-refractivity contribution in [1.82, 2.24) is 20.2 Å². The van der Waals surface area contributed by atoms with E-state index in [-0.39, 0.29) is 5.91 Å². The van der Waals surface area contributed by atoms with Gasteiger partial charge in [-0.25, -0.2) is 9.97 Å². The minimum absolute atomic E-state index is 0.243. The first kappa shape index (κ1) is 21.0. The number of benzene rings is 1. The van der Waals surface area contributed by atoms with Gasteiger partial charge >= 0.3 is 0 Å². The van der Waals surface area contributed by atoms with Crippen molar-refractivity contribution in [2.75, 3.05) is 44.2 Å². The molecule has 3 aliphatic heterocycles. The summed E-state index contributed by atoms with van der Waals surface area (Å²) in [5, 5.41) is 4.53. The third-order valence-corrected chi connectivity index (χ3v) is 8.34. The molecule has 0 aliphatic carbocycles. The highest BCUT2D eigenvalue weighted by Crippen LogP contribution is 2.44. The number of piperidine rings is 1. The Morgan fingerprint density at radius 1 is 1.19 bits per heavy atom. The Labute approximate surface area is 192 Å². The summed E-state index contributed by atoms with van der Waals surface area (Å²) in [7, 11) is 0. The first-order valence-corrected chi connectivity index (χ1v) is 12.5. The molecule has 6 nitrogen and oxygen atoms in total. The predicted octanol–water partition coefficient (Wildman–Crippen LogP) is 3.41. The van der Waals surface area contributed by atoms with Crippen LogP contribution in [0.4, 0.5) is 5.82 Å². The number of nitrogens with one attached hydrogen (secondary N) is 1. The highest BCUT2D eigenvalue weighted by atomic mass is 35.5. The predicted molar refractivity (Wildman–Crippen MR) is 126 cm³/mol. The maximum atomic E-state index is 13.9. The molecule has 2 fully saturated rings. The standard InChI is InChI=1S/C23H28ClN5OS/c1-16-20-19(14-31-16)26-15-27-21(20)28-9-11-29(12-10-28)22(30)23(5-7-25-8-6-23)17-3-2-4-18(24)13-17/h2-4,13,15-16,25H,5-12,14H2,1H3/t16-/m0/s1. The highest BCUT2D eigenvalue weighted by Gasteiger charge is 2.44. The van der Waals surface area contributed by atoms with E-state index < -0.39 is 5.41 Å². The minimum atomic E-state index is -0.486. The zero-order valence-electron chi connectivity index (χ0n) is 17.8. The van der Waals surface area contributed by atoms with Crippen LogP contribution in [0.25, 0.3) is 0 Å². The number of fused-ring (bicyclic) bond motifs is 1. The van der Waals surface area contributed by atoms with Gasteiger partial charge < -0.3 is 15.1 Å². The molecule has 0 radical (unpaired) electrons. The molecule has 1 aromatic carbocycles. The Morgan fingerprint density at radius 2 is 1.97 bits per heavy atom. The molecule has 8 heteroatoms. The molecule has 0 bridgehead atoms. The number of hydrogen-bond donors (Lipinski definition) is 1. The van der Waals surface area contributed by atoms with Crippen LogP contribution in [0.3, 0.4) is 0 Å². The van der Waals surface area contributed by atoms with Gasteiger partial charge in [0.05, 0.1) is 11.1 Å². The van der Waals surface area contributed by atoms with Crippen molar-refractivity contribution in [2.24, 2.45) is 0 Å². The first-order valence-electron chi connectivity index (χ1n) is 11.0. The first-order chi connectivity index (χ1) is 15.1. The maximum Gasteiger partial charge on any atom is 0.233 e. The van der Waals surface area contributed by atoms with Gasteiger partial charge in [0.2, 0.25) is 5.91 Å². The molecule has 31 heavy (non-hydrogen) atoms. The molecule has 1 amide bonds. The van der Waals surface area contributed by atoms with Crippen LogP contribution in [0.2, 0.25) is 5.02 Å². The van der Waals surface area contributed by atoms with Gasteiger partial charge in [0.15, 0.2) is 0 Å². The van der Waals surface area contributed by atoms with Gasteiger partial charge in [-0.1, -0.05) is 23.7 Å². The second kappa shape index (κ2) is 8.60. The summed E-state index contributed by atoms with van der Waals surface area (Å²) in [5.41, 5.74) is 3.00. The van der Waals surface area contributed by atoms with Crippen molar-refractivity contribution in [3.05, 3.63) is 52.4 Å². The van der Waals surface area contributed by atoms with E-state index in [4.69, 9.17) is 11.6 Å². The molecule has 0 saturated carbocycles. The van der Waals surface area contributed by atoms with Crippen molar-refractivity contribution in [1.29, 1.82) is 0 Å². The average molecular weight is 458 g/mol. The summed E-state index contributed by atoms with van der Waals surface area (Å²) in [6.07, 6.45) is 3.30. The number of rotatable bonds is 3. The Hall–Kier alpha value is -1.83. The van der Waals surface area contributed by atoms with E-state index in [1.807, 2.05) is 30.0 Å². The van der Waals surface area contributed by atoms with Crippen LogP contribution >= 0.6 is 23.4 Å². The van der Waals surface area contributed by atoms with Crippen LogP contribution in [-0.4, -0.2) is 60.0 Å². The van der Waals surface area contributed by atoms with E-state index in [0.717, 1.165) is 74.9 Å². The van der Waals surface area contributed by atoms with E-state index in [0.29, 0.717) is 10.3 Å². The lowest BCUT2D eigenvalue weighted by atomic mass is 9.72. The van der Waals surface area contributed by atoms with E-state index >= 15 is 0 Å². The Morgan fingerprint density at radius 3 is 2.71 bits per heavy atom. The van der Waals surface area contributed by atoms with Gasteiger partial charge in [0.25, 0.3) is 0 Å². The maximum absolute atomic E-state index is 13.9. The Bertz CT molecular complexity index is 972. The Kier molecular flexibility index (Phi) is 5.84. The number of carbonyl (C=O) groups is 1. The van der Waals surface area contributed by atoms with Crippen molar-refractivity contribution < 1.29 is 4.79 Å². The normalized spacial score (nSPS) is 23.0. The highest BCUT2D eigenvalue weighted by molar-refractivity contribution is 7.99. The summed E-state index contributed by atoms with van der Waals surface area (Å²) in [4.78, 5) is 27.4. The largest absolute Gasteiger partial charge is 0.353 e. The van der Waals surface area contributed by atoms with Gasteiger partial charge in [-0.05, 0) is 50.6 Å². The number of anilines is 1. The molecule has 0 spiro atoms. The zero-order valence-corrected chi connectivity index (χ0v) is 19.4. The second-order valence-corrected chi connectivity index (χ2v) is 10.4. The molecule has 2 aromatic rings. The van der Waals surface area contributed by atoms with Gasteiger partial charge in [-0.2, -0.15) is 0 Å². The number of hydrogen-bond acceptors (Lipinski definition) is 6. The number of halogens is 1. The number of carbonyl (C=O) groups excluding carboxylic acids is 1. The van der Waals surface area contributed by atoms with E-state index in [1.165, 1.54) is 5.56 Å². The third kappa shape index (κ3) is 3.81. The Balaban J connectivity index is 1.35. The topological polar surface area (TPSA) is 61.4 Å². The van der Waals surface area contributed by atoms with Crippen molar-refractivity contribution in [3.8, 4) is 0 Å². The van der Waals surface area contributed by atoms with Crippen LogP contribution in [0, 0.1) is 0 Å². The fourth-order valence-electron chi connectivity index (χ4n) is 5.18. The number of aromatic nitrogens is 2. The van der Waals surface area contributed by atoms with Crippen molar-refractivity contribution in [2.45, 2.75) is 36.2 Å². The lowest BCUT2D eigenvalue weighted by Gasteiger charge is -2.43. The summed E-state index contributed by atoms with van der Waals surface area (Å²) < 4.78 is 0. The molecular weight excluding hydrogens is 430 g/mol. The van der Waals surface area contributed by atoms with E-state index in [2.05, 4.69) is 38.1 Å². The van der Waals surface area contributed by atoms with Crippen LogP contribution < -0.4 is 10.2 Å². The SMILES string of the molecule is C[C@@H]1SCc2ncnc(N3CCN(C(=O)C4(c5cccc(Cl)c5)CCNCC4)CC3)c21. The second-order valence-electron chi connectivity index (χ2n) is 8.63. The van der Waals surface area contributed by atoms with Crippen LogP contribution in [0.5, 0.6) is 0 Å². The van der Waals surface area contributed by atoms with E-state index in [1.54, 1.807) is 6.33 Å². The molecule has 2 saturated heterocycles. The smallest absolute Gasteiger partial charge is 0.233 e. The molecule has 164 valence electrons. The molecule has 3 aliphatic rings. The number of piperazine rings is 1. The third-order valence-electron chi connectivity index (χ3n) is 6.93. The van der Waals surface area contributed by atoms with Crippen LogP contribution in [-0.2, 0) is 16.0 Å². The average Bonchev–Trinajstić information content (AvgIpc) is 3.20. The van der Waals surface area contributed by atoms with Crippen molar-refractivity contribution >= 4 is 35.1 Å². The summed E-state index contributed by atoms with van der Waals surface area (Å²) in [6.45, 7) is 6.97. The molecule has 1 atom stereocenters. The van der Waals surface area contributed by atoms with Gasteiger partial charge in [-0.3, -0.25) is 4.79 Å². The summed E-state index contributed by atoms with van der Waals surface area (Å²) >= 11 is 8.22. The lowest BCUT2D eigenvalue weighted by Crippen LogP contribution is -2.57. The van der Waals surface area contributed by atoms with Gasteiger partial charge in [0, 0.05) is 47.8 Å². The fourth-order valence-corrected chi connectivity index (χ4v) is 6.42.